The van der Waals surface area contributed by atoms with Crippen LogP contribution in [0.3, 0.4) is 0 Å². The van der Waals surface area contributed by atoms with Gasteiger partial charge < -0.3 is 26.2 Å². The summed E-state index contributed by atoms with van der Waals surface area (Å²) in [6, 6.07) is 10.8. The quantitative estimate of drug-likeness (QED) is 0.165. The predicted octanol–water partition coefficient (Wildman–Crippen LogP) is 1.60. The van der Waals surface area contributed by atoms with Crippen LogP contribution in [0.15, 0.2) is 53.4 Å². The Labute approximate surface area is 193 Å². The molecule has 1 aromatic heterocycles. The van der Waals surface area contributed by atoms with Crippen LogP contribution in [0.25, 0.3) is 33.5 Å². The molecule has 3 aromatic carbocycles. The summed E-state index contributed by atoms with van der Waals surface area (Å²) in [5.74, 6) is -1.20. The second kappa shape index (κ2) is 8.17. The number of benzene rings is 3. The Hall–Kier alpha value is -4.42. The van der Waals surface area contributed by atoms with Crippen LogP contribution >= 0.6 is 0 Å². The molecule has 0 aliphatic heterocycles. The van der Waals surface area contributed by atoms with E-state index in [1.54, 1.807) is 18.2 Å². The molecule has 1 heterocycles. The molecule has 11 nitrogen and oxygen atoms in total. The standard InChI is InChI=1S/C22H20N6O5S/c1-26-22(31)12-4-7-17(30)18(13-9-11(34(25,32)33)3-6-16(13)29)19(12)21-27-14-5-2-10(20(23)24)8-15(14)28-21/h2-9,29-30H,1H3,(H3,23,24)(H,26,31)(H,27,28)(H2,25,32,33). The fourth-order valence-corrected chi connectivity index (χ4v) is 4.16. The minimum Gasteiger partial charge on any atom is -0.507 e. The molecule has 4 rings (SSSR count). The first-order chi connectivity index (χ1) is 16.0. The summed E-state index contributed by atoms with van der Waals surface area (Å²) in [5.41, 5.74) is 7.11. The first kappa shape index (κ1) is 22.8. The number of aromatic amines is 1. The van der Waals surface area contributed by atoms with E-state index in [2.05, 4.69) is 15.3 Å². The van der Waals surface area contributed by atoms with E-state index in [9.17, 15) is 23.4 Å². The number of carbonyl (C=O) groups is 1. The Morgan fingerprint density at radius 1 is 1.06 bits per heavy atom. The lowest BCUT2D eigenvalue weighted by atomic mass is 9.92. The number of phenolic OH excluding ortho intramolecular Hbond substituents is 2. The van der Waals surface area contributed by atoms with Gasteiger partial charge in [0, 0.05) is 29.3 Å². The van der Waals surface area contributed by atoms with E-state index in [0.29, 0.717) is 16.6 Å². The summed E-state index contributed by atoms with van der Waals surface area (Å²) in [5, 5.41) is 36.7. The number of sulfonamides is 1. The maximum atomic E-state index is 12.7. The molecule has 0 aliphatic rings. The summed E-state index contributed by atoms with van der Waals surface area (Å²) in [4.78, 5) is 20.0. The molecule has 0 radical (unpaired) electrons. The molecule has 174 valence electrons. The normalized spacial score (nSPS) is 11.5. The first-order valence-electron chi connectivity index (χ1n) is 9.80. The lowest BCUT2D eigenvalue weighted by molar-refractivity contribution is 0.0963. The molecule has 0 saturated carbocycles. The van der Waals surface area contributed by atoms with Crippen LogP contribution in [0.2, 0.25) is 0 Å². The molecule has 0 fully saturated rings. The number of phenols is 2. The summed E-state index contributed by atoms with van der Waals surface area (Å²) in [6.45, 7) is 0. The maximum absolute atomic E-state index is 12.7. The number of aromatic hydroxyl groups is 2. The van der Waals surface area contributed by atoms with Crippen LogP contribution in [0.5, 0.6) is 11.5 Å². The molecular formula is C22H20N6O5S. The highest BCUT2D eigenvalue weighted by Gasteiger charge is 2.25. The van der Waals surface area contributed by atoms with Gasteiger partial charge in [-0.15, -0.1) is 0 Å². The van der Waals surface area contributed by atoms with Gasteiger partial charge in [0.1, 0.15) is 23.2 Å². The van der Waals surface area contributed by atoms with Gasteiger partial charge in [-0.05, 0) is 48.5 Å². The zero-order chi connectivity index (χ0) is 24.8. The van der Waals surface area contributed by atoms with Gasteiger partial charge in [-0.3, -0.25) is 10.2 Å². The van der Waals surface area contributed by atoms with Crippen LogP contribution < -0.4 is 16.2 Å². The van der Waals surface area contributed by atoms with Crippen molar-refractivity contribution < 1.29 is 23.4 Å². The van der Waals surface area contributed by atoms with E-state index in [1.165, 1.54) is 19.2 Å². The number of amidine groups is 1. The molecule has 0 unspecified atom stereocenters. The Bertz CT molecular complexity index is 1590. The zero-order valence-corrected chi connectivity index (χ0v) is 18.6. The Kier molecular flexibility index (Phi) is 5.47. The second-order valence-corrected chi connectivity index (χ2v) is 8.98. The fourth-order valence-electron chi connectivity index (χ4n) is 3.62. The van der Waals surface area contributed by atoms with Crippen LogP contribution in [0, 0.1) is 5.41 Å². The summed E-state index contributed by atoms with van der Waals surface area (Å²) >= 11 is 0. The zero-order valence-electron chi connectivity index (χ0n) is 17.7. The Morgan fingerprint density at radius 3 is 2.41 bits per heavy atom. The van der Waals surface area contributed by atoms with Crippen LogP contribution in [0.4, 0.5) is 0 Å². The summed E-state index contributed by atoms with van der Waals surface area (Å²) in [6.07, 6.45) is 0. The minimum atomic E-state index is -4.13. The van der Waals surface area contributed by atoms with E-state index in [0.717, 1.165) is 18.2 Å². The molecule has 0 atom stereocenters. The largest absolute Gasteiger partial charge is 0.507 e. The number of aromatic nitrogens is 2. The molecule has 4 aromatic rings. The van der Waals surface area contributed by atoms with Gasteiger partial charge in [-0.1, -0.05) is 0 Å². The van der Waals surface area contributed by atoms with Gasteiger partial charge in [0.2, 0.25) is 10.0 Å². The van der Waals surface area contributed by atoms with E-state index in [1.807, 2.05) is 0 Å². The van der Waals surface area contributed by atoms with E-state index >= 15 is 0 Å². The van der Waals surface area contributed by atoms with Gasteiger partial charge in [-0.25, -0.2) is 18.5 Å². The number of nitrogen functional groups attached to an aromatic ring is 1. The van der Waals surface area contributed by atoms with Gasteiger partial charge >= 0.3 is 0 Å². The van der Waals surface area contributed by atoms with E-state index in [4.69, 9.17) is 16.3 Å². The highest BCUT2D eigenvalue weighted by molar-refractivity contribution is 7.89. The smallest absolute Gasteiger partial charge is 0.251 e. The fraction of sp³-hybridized carbons (Fsp3) is 0.0455. The third kappa shape index (κ3) is 3.91. The number of nitrogens with zero attached hydrogens (tertiary/aromatic N) is 1. The van der Waals surface area contributed by atoms with Gasteiger partial charge in [-0.2, -0.15) is 0 Å². The average Bonchev–Trinajstić information content (AvgIpc) is 3.21. The average molecular weight is 481 g/mol. The van der Waals surface area contributed by atoms with Crippen LogP contribution in [0.1, 0.15) is 15.9 Å². The lowest BCUT2D eigenvalue weighted by Crippen LogP contribution is -2.19. The number of nitrogens with two attached hydrogens (primary N) is 2. The monoisotopic (exact) mass is 480 g/mol. The molecule has 0 aliphatic carbocycles. The highest BCUT2D eigenvalue weighted by Crippen LogP contribution is 2.44. The van der Waals surface area contributed by atoms with Crippen molar-refractivity contribution in [2.45, 2.75) is 4.90 Å². The van der Waals surface area contributed by atoms with Crippen molar-refractivity contribution in [2.75, 3.05) is 7.05 Å². The van der Waals surface area contributed by atoms with Crippen molar-refractivity contribution in [3.63, 3.8) is 0 Å². The molecule has 0 spiro atoms. The van der Waals surface area contributed by atoms with Crippen LogP contribution in [-0.4, -0.2) is 47.4 Å². The van der Waals surface area contributed by atoms with Crippen molar-refractivity contribution in [3.05, 3.63) is 59.7 Å². The number of amides is 1. The molecule has 34 heavy (non-hydrogen) atoms. The number of primary sulfonamides is 1. The SMILES string of the molecule is CNC(=O)c1ccc(O)c(-c2cc(S(N)(=O)=O)ccc2O)c1-c1nc2ccc(C(=N)N)cc2[nH]1. The molecule has 0 saturated heterocycles. The number of hydrogen-bond donors (Lipinski definition) is 7. The summed E-state index contributed by atoms with van der Waals surface area (Å²) < 4.78 is 23.8. The number of rotatable bonds is 5. The third-order valence-corrected chi connectivity index (χ3v) is 6.16. The molecule has 12 heteroatoms. The minimum absolute atomic E-state index is 0.0325. The van der Waals surface area contributed by atoms with Crippen molar-refractivity contribution in [3.8, 4) is 34.0 Å². The number of H-pyrrole nitrogens is 1. The topological polar surface area (TPSA) is 208 Å². The predicted molar refractivity (Wildman–Crippen MR) is 126 cm³/mol. The molecular weight excluding hydrogens is 460 g/mol. The van der Waals surface area contributed by atoms with E-state index < -0.39 is 15.9 Å². The highest BCUT2D eigenvalue weighted by atomic mass is 32.2. The van der Waals surface area contributed by atoms with Crippen molar-refractivity contribution in [1.29, 1.82) is 5.41 Å². The molecule has 1 amide bonds. The Morgan fingerprint density at radius 2 is 1.76 bits per heavy atom. The molecule has 9 N–H and O–H groups in total. The Balaban J connectivity index is 2.09. The van der Waals surface area contributed by atoms with Gasteiger partial charge in [0.25, 0.3) is 5.91 Å². The number of nitrogens with one attached hydrogen (secondary N) is 3. The number of hydrogen-bond acceptors (Lipinski definition) is 7. The van der Waals surface area contributed by atoms with Crippen molar-refractivity contribution >= 4 is 32.8 Å². The lowest BCUT2D eigenvalue weighted by Gasteiger charge is -2.16. The maximum Gasteiger partial charge on any atom is 0.251 e. The molecule has 0 bridgehead atoms. The van der Waals surface area contributed by atoms with Crippen molar-refractivity contribution in [1.82, 2.24) is 15.3 Å². The summed E-state index contributed by atoms with van der Waals surface area (Å²) in [7, 11) is -2.71. The third-order valence-electron chi connectivity index (χ3n) is 5.25. The number of imidazole rings is 1. The van der Waals surface area contributed by atoms with Crippen LogP contribution in [-0.2, 0) is 10.0 Å². The van der Waals surface area contributed by atoms with E-state index in [-0.39, 0.29) is 50.3 Å². The van der Waals surface area contributed by atoms with Gasteiger partial charge in [0.15, 0.2) is 0 Å². The van der Waals surface area contributed by atoms with Gasteiger partial charge in [0.05, 0.1) is 21.5 Å². The first-order valence-corrected chi connectivity index (χ1v) is 11.3. The number of carbonyl (C=O) groups excluding carboxylic acids is 1. The number of fused-ring (bicyclic) bond motifs is 1. The van der Waals surface area contributed by atoms with Crippen molar-refractivity contribution in [2.24, 2.45) is 10.9 Å². The second-order valence-electron chi connectivity index (χ2n) is 7.42.